The smallest absolute Gasteiger partial charge is 0.258 e. The lowest BCUT2D eigenvalue weighted by Gasteiger charge is -2.15. The van der Waals surface area contributed by atoms with Gasteiger partial charge in [0, 0.05) is 6.42 Å². The molecule has 1 fully saturated rings. The Morgan fingerprint density at radius 2 is 2.14 bits per heavy atom. The number of halogens is 2. The number of carbonyl (C=O) groups is 2. The average Bonchev–Trinajstić information content (AvgIpc) is 2.90. The van der Waals surface area contributed by atoms with E-state index in [4.69, 9.17) is 11.6 Å². The van der Waals surface area contributed by atoms with Crippen molar-refractivity contribution in [1.29, 1.82) is 0 Å². The molecule has 0 bridgehead atoms. The summed E-state index contributed by atoms with van der Waals surface area (Å²) in [7, 11) is 0. The maximum atomic E-state index is 13.3. The number of unbranched alkanes of at least 4 members (excludes halogenated alkanes) is 1. The fourth-order valence-corrected chi connectivity index (χ4v) is 3.99. The van der Waals surface area contributed by atoms with Crippen molar-refractivity contribution in [3.05, 3.63) is 45.0 Å². The Balaban J connectivity index is 1.80. The van der Waals surface area contributed by atoms with Gasteiger partial charge in [-0.15, -0.1) is 0 Å². The van der Waals surface area contributed by atoms with Crippen molar-refractivity contribution in [3.8, 4) is 5.88 Å². The number of amides is 2. The van der Waals surface area contributed by atoms with E-state index >= 15 is 0 Å². The largest absolute Gasteiger partial charge is 0.493 e. The molecule has 0 unspecified atom stereocenters. The van der Waals surface area contributed by atoms with Crippen LogP contribution in [0.1, 0.15) is 31.7 Å². The van der Waals surface area contributed by atoms with Crippen LogP contribution >= 0.6 is 23.4 Å². The van der Waals surface area contributed by atoms with Crippen LogP contribution in [0, 0.1) is 5.82 Å². The minimum absolute atomic E-state index is 0.0490. The molecular formula is C18H17ClFN3O4S. The standard InChI is InChI=1S/C18H17ClFN3O4S/c1-2-3-4-10-15(25)21-18(22-16(10)26)28-13-8-14(24)23(17(13)27)9-5-6-12(20)11(19)7-9/h5-7,13H,2-4,8H2,1H3,(H2,21,22,25,26)/t13-/m1/s1. The van der Waals surface area contributed by atoms with E-state index in [1.54, 1.807) is 0 Å². The van der Waals surface area contributed by atoms with Gasteiger partial charge in [0.15, 0.2) is 5.16 Å². The Bertz CT molecular complexity index is 997. The summed E-state index contributed by atoms with van der Waals surface area (Å²) in [6.45, 7) is 1.96. The van der Waals surface area contributed by atoms with Crippen molar-refractivity contribution in [3.63, 3.8) is 0 Å². The van der Waals surface area contributed by atoms with Crippen LogP contribution in [0.25, 0.3) is 0 Å². The molecule has 1 aromatic heterocycles. The number of hydrogen-bond donors (Lipinski definition) is 2. The molecule has 1 aromatic carbocycles. The summed E-state index contributed by atoms with van der Waals surface area (Å²) >= 11 is 6.62. The highest BCUT2D eigenvalue weighted by Crippen LogP contribution is 2.34. The summed E-state index contributed by atoms with van der Waals surface area (Å²) in [5.74, 6) is -2.04. The molecule has 2 heterocycles. The molecule has 28 heavy (non-hydrogen) atoms. The van der Waals surface area contributed by atoms with E-state index in [2.05, 4.69) is 9.97 Å². The predicted molar refractivity (Wildman–Crippen MR) is 103 cm³/mol. The van der Waals surface area contributed by atoms with Gasteiger partial charge in [-0.2, -0.15) is 4.98 Å². The van der Waals surface area contributed by atoms with Gasteiger partial charge in [-0.3, -0.25) is 14.4 Å². The minimum Gasteiger partial charge on any atom is -0.493 e. The van der Waals surface area contributed by atoms with Crippen molar-refractivity contribution in [2.75, 3.05) is 4.90 Å². The minimum atomic E-state index is -0.833. The molecule has 148 valence electrons. The molecule has 1 saturated heterocycles. The van der Waals surface area contributed by atoms with Crippen LogP contribution in [0.2, 0.25) is 5.02 Å². The molecule has 7 nitrogen and oxygen atoms in total. The summed E-state index contributed by atoms with van der Waals surface area (Å²) in [6, 6.07) is 3.57. The molecule has 0 aliphatic carbocycles. The van der Waals surface area contributed by atoms with Crippen molar-refractivity contribution >= 4 is 40.9 Å². The Morgan fingerprint density at radius 1 is 1.39 bits per heavy atom. The third-order valence-corrected chi connectivity index (χ3v) is 5.63. The number of rotatable bonds is 6. The first kappa shape index (κ1) is 20.3. The lowest BCUT2D eigenvalue weighted by molar-refractivity contribution is -0.121. The van der Waals surface area contributed by atoms with E-state index in [1.807, 2.05) is 6.92 Å². The van der Waals surface area contributed by atoms with Gasteiger partial charge < -0.3 is 10.1 Å². The molecule has 3 rings (SSSR count). The number of hydrogen-bond acceptors (Lipinski definition) is 6. The molecule has 0 spiro atoms. The zero-order valence-electron chi connectivity index (χ0n) is 14.9. The molecule has 1 aliphatic rings. The first-order valence-electron chi connectivity index (χ1n) is 8.62. The van der Waals surface area contributed by atoms with E-state index in [1.165, 1.54) is 12.1 Å². The van der Waals surface area contributed by atoms with Crippen LogP contribution in [-0.2, 0) is 16.0 Å². The van der Waals surface area contributed by atoms with Crippen LogP contribution in [0.15, 0.2) is 28.2 Å². The number of aromatic amines is 1. The highest BCUT2D eigenvalue weighted by molar-refractivity contribution is 8.00. The van der Waals surface area contributed by atoms with Gasteiger partial charge in [0.1, 0.15) is 11.1 Å². The van der Waals surface area contributed by atoms with Crippen LogP contribution in [0.4, 0.5) is 10.1 Å². The number of nitrogens with zero attached hydrogens (tertiary/aromatic N) is 2. The summed E-state index contributed by atoms with van der Waals surface area (Å²) in [6.07, 6.45) is 1.86. The molecule has 2 aromatic rings. The fraction of sp³-hybridized carbons (Fsp3) is 0.333. The van der Waals surface area contributed by atoms with E-state index in [9.17, 15) is 23.9 Å². The number of nitrogens with one attached hydrogen (secondary N) is 1. The van der Waals surface area contributed by atoms with Gasteiger partial charge >= 0.3 is 0 Å². The maximum Gasteiger partial charge on any atom is 0.258 e. The Labute approximate surface area is 168 Å². The number of benzene rings is 1. The van der Waals surface area contributed by atoms with Gasteiger partial charge in [-0.1, -0.05) is 36.7 Å². The molecule has 2 N–H and O–H groups in total. The molecule has 1 atom stereocenters. The Morgan fingerprint density at radius 3 is 2.79 bits per heavy atom. The van der Waals surface area contributed by atoms with Crippen molar-refractivity contribution in [2.24, 2.45) is 0 Å². The lowest BCUT2D eigenvalue weighted by Crippen LogP contribution is -2.31. The SMILES string of the molecule is CCCCc1c(O)nc(S[C@@H]2CC(=O)N(c3ccc(F)c(Cl)c3)C2=O)[nH]c1=O. The van der Waals surface area contributed by atoms with Crippen LogP contribution in [-0.4, -0.2) is 32.1 Å². The second kappa shape index (κ2) is 8.32. The van der Waals surface area contributed by atoms with E-state index in [0.29, 0.717) is 6.42 Å². The monoisotopic (exact) mass is 425 g/mol. The molecule has 0 saturated carbocycles. The average molecular weight is 426 g/mol. The van der Waals surface area contributed by atoms with Gasteiger partial charge in [0.2, 0.25) is 17.7 Å². The zero-order valence-corrected chi connectivity index (χ0v) is 16.4. The maximum absolute atomic E-state index is 13.3. The third kappa shape index (κ3) is 4.05. The second-order valence-electron chi connectivity index (χ2n) is 6.25. The summed E-state index contributed by atoms with van der Waals surface area (Å²) < 4.78 is 13.3. The van der Waals surface area contributed by atoms with Gasteiger partial charge in [0.05, 0.1) is 16.3 Å². The molecular weight excluding hydrogens is 409 g/mol. The van der Waals surface area contributed by atoms with Crippen molar-refractivity contribution < 1.29 is 19.1 Å². The Kier molecular flexibility index (Phi) is 6.04. The van der Waals surface area contributed by atoms with Crippen molar-refractivity contribution in [2.45, 2.75) is 43.0 Å². The topological polar surface area (TPSA) is 103 Å². The highest BCUT2D eigenvalue weighted by Gasteiger charge is 2.41. The molecule has 0 radical (unpaired) electrons. The van der Waals surface area contributed by atoms with Crippen LogP contribution in [0.3, 0.4) is 0 Å². The summed E-state index contributed by atoms with van der Waals surface area (Å²) in [5.41, 5.74) is -0.103. The van der Waals surface area contributed by atoms with Gasteiger partial charge in [0.25, 0.3) is 5.56 Å². The number of carbonyl (C=O) groups excluding carboxylic acids is 2. The zero-order chi connectivity index (χ0) is 20.4. The van der Waals surface area contributed by atoms with Crippen molar-refractivity contribution in [1.82, 2.24) is 9.97 Å². The number of thioether (sulfide) groups is 1. The number of H-pyrrole nitrogens is 1. The quantitative estimate of drug-likeness (QED) is 0.544. The Hall–Kier alpha value is -2.39. The summed E-state index contributed by atoms with van der Waals surface area (Å²) in [4.78, 5) is 44.5. The second-order valence-corrected chi connectivity index (χ2v) is 7.85. The molecule has 1 aliphatic heterocycles. The van der Waals surface area contributed by atoms with Gasteiger partial charge in [-0.05, 0) is 31.0 Å². The molecule has 10 heteroatoms. The number of aromatic nitrogens is 2. The van der Waals surface area contributed by atoms with Gasteiger partial charge in [-0.25, -0.2) is 9.29 Å². The first-order chi connectivity index (χ1) is 13.3. The first-order valence-corrected chi connectivity index (χ1v) is 9.88. The fourth-order valence-electron chi connectivity index (χ4n) is 2.83. The van der Waals surface area contributed by atoms with Crippen LogP contribution in [0.5, 0.6) is 5.88 Å². The molecule has 2 amide bonds. The lowest BCUT2D eigenvalue weighted by atomic mass is 10.1. The van der Waals surface area contributed by atoms with E-state index in [0.717, 1.165) is 35.6 Å². The third-order valence-electron chi connectivity index (χ3n) is 4.27. The summed E-state index contributed by atoms with van der Waals surface area (Å²) in [5, 5.41) is 9.04. The number of anilines is 1. The highest BCUT2D eigenvalue weighted by atomic mass is 35.5. The normalized spacial score (nSPS) is 16.8. The van der Waals surface area contributed by atoms with Crippen LogP contribution < -0.4 is 10.5 Å². The predicted octanol–water partition coefficient (Wildman–Crippen LogP) is 3.03. The van der Waals surface area contributed by atoms with E-state index in [-0.39, 0.29) is 33.7 Å². The number of imide groups is 1. The van der Waals surface area contributed by atoms with E-state index < -0.39 is 28.4 Å². The number of aromatic hydroxyl groups is 1.